The van der Waals surface area contributed by atoms with E-state index in [1.807, 2.05) is 0 Å². The molecule has 0 aliphatic heterocycles. The Bertz CT molecular complexity index is 705. The molecular formula is C15H12ClN3O. The van der Waals surface area contributed by atoms with Crippen molar-refractivity contribution in [2.45, 2.75) is 19.3 Å². The van der Waals surface area contributed by atoms with Crippen molar-refractivity contribution < 1.29 is 4.79 Å². The van der Waals surface area contributed by atoms with E-state index < -0.39 is 5.41 Å². The Kier molecular flexibility index (Phi) is 3.82. The number of pyridine rings is 2. The predicted molar refractivity (Wildman–Crippen MR) is 76.5 cm³/mol. The van der Waals surface area contributed by atoms with Crippen molar-refractivity contribution in [1.29, 1.82) is 5.26 Å². The number of hydrogen-bond donors (Lipinski definition) is 0. The first-order valence-electron chi connectivity index (χ1n) is 5.98. The monoisotopic (exact) mass is 285 g/mol. The van der Waals surface area contributed by atoms with Crippen molar-refractivity contribution in [2.24, 2.45) is 0 Å². The summed E-state index contributed by atoms with van der Waals surface area (Å²) in [6.07, 6.45) is 2.18. The first-order chi connectivity index (χ1) is 9.49. The van der Waals surface area contributed by atoms with Crippen LogP contribution in [0.15, 0.2) is 30.5 Å². The third-order valence-corrected chi connectivity index (χ3v) is 3.31. The third kappa shape index (κ3) is 2.54. The van der Waals surface area contributed by atoms with Gasteiger partial charge < -0.3 is 0 Å². The number of aromatic nitrogens is 2. The maximum absolute atomic E-state index is 11.2. The van der Waals surface area contributed by atoms with Crippen LogP contribution in [-0.2, 0) is 5.41 Å². The van der Waals surface area contributed by atoms with Gasteiger partial charge in [0, 0.05) is 11.8 Å². The van der Waals surface area contributed by atoms with Gasteiger partial charge in [0.15, 0.2) is 6.29 Å². The normalized spacial score (nSPS) is 10.9. The highest BCUT2D eigenvalue weighted by Gasteiger charge is 2.22. The fraction of sp³-hybridized carbons (Fsp3) is 0.200. The van der Waals surface area contributed by atoms with E-state index in [-0.39, 0.29) is 5.15 Å². The number of nitrogens with zero attached hydrogens (tertiary/aromatic N) is 3. The first-order valence-corrected chi connectivity index (χ1v) is 6.36. The summed E-state index contributed by atoms with van der Waals surface area (Å²) < 4.78 is 0. The topological polar surface area (TPSA) is 66.6 Å². The number of carbonyl (C=O) groups is 1. The highest BCUT2D eigenvalue weighted by molar-refractivity contribution is 6.32. The van der Waals surface area contributed by atoms with Crippen LogP contribution in [0.2, 0.25) is 5.15 Å². The number of hydrogen-bond acceptors (Lipinski definition) is 4. The molecule has 0 aliphatic carbocycles. The maximum Gasteiger partial charge on any atom is 0.153 e. The molecule has 20 heavy (non-hydrogen) atoms. The number of nitriles is 1. The summed E-state index contributed by atoms with van der Waals surface area (Å²) in [7, 11) is 0. The summed E-state index contributed by atoms with van der Waals surface area (Å²) in [6.45, 7) is 3.58. The summed E-state index contributed by atoms with van der Waals surface area (Å²) >= 11 is 5.91. The van der Waals surface area contributed by atoms with Gasteiger partial charge in [0.1, 0.15) is 5.15 Å². The Morgan fingerprint density at radius 3 is 2.75 bits per heavy atom. The fourth-order valence-corrected chi connectivity index (χ4v) is 1.98. The molecule has 2 heterocycles. The van der Waals surface area contributed by atoms with Crippen LogP contribution < -0.4 is 0 Å². The van der Waals surface area contributed by atoms with E-state index in [4.69, 9.17) is 11.6 Å². The SMILES string of the molecule is CC(C)(C#N)c1cccc(-c2ccnc(Cl)c2C=O)n1. The Morgan fingerprint density at radius 2 is 2.10 bits per heavy atom. The highest BCUT2D eigenvalue weighted by atomic mass is 35.5. The minimum absolute atomic E-state index is 0.143. The molecule has 0 spiro atoms. The van der Waals surface area contributed by atoms with Gasteiger partial charge in [0.2, 0.25) is 0 Å². The van der Waals surface area contributed by atoms with Crippen molar-refractivity contribution in [3.63, 3.8) is 0 Å². The summed E-state index contributed by atoms with van der Waals surface area (Å²) in [5.74, 6) is 0. The zero-order valence-electron chi connectivity index (χ0n) is 11.1. The van der Waals surface area contributed by atoms with Crippen molar-refractivity contribution in [3.05, 3.63) is 46.9 Å². The molecule has 0 N–H and O–H groups in total. The van der Waals surface area contributed by atoms with E-state index in [0.29, 0.717) is 28.8 Å². The third-order valence-electron chi connectivity index (χ3n) is 3.00. The molecule has 0 amide bonds. The summed E-state index contributed by atoms with van der Waals surface area (Å²) in [6, 6.07) is 9.25. The number of rotatable bonds is 3. The molecule has 2 rings (SSSR count). The predicted octanol–water partition coefficient (Wildman–Crippen LogP) is 3.41. The maximum atomic E-state index is 11.2. The van der Waals surface area contributed by atoms with Gasteiger partial charge in [-0.1, -0.05) is 17.7 Å². The molecule has 0 unspecified atom stereocenters. The Morgan fingerprint density at radius 1 is 1.35 bits per heavy atom. The van der Waals surface area contributed by atoms with Gasteiger partial charge in [-0.25, -0.2) is 4.98 Å². The van der Waals surface area contributed by atoms with Crippen molar-refractivity contribution in [1.82, 2.24) is 9.97 Å². The van der Waals surface area contributed by atoms with Crippen molar-refractivity contribution in [2.75, 3.05) is 0 Å². The van der Waals surface area contributed by atoms with Crippen LogP contribution in [-0.4, -0.2) is 16.3 Å². The van der Waals surface area contributed by atoms with Gasteiger partial charge in [-0.3, -0.25) is 9.78 Å². The van der Waals surface area contributed by atoms with Crippen LogP contribution in [0.3, 0.4) is 0 Å². The molecule has 0 saturated carbocycles. The van der Waals surface area contributed by atoms with Crippen molar-refractivity contribution in [3.8, 4) is 17.3 Å². The molecule has 0 aromatic carbocycles. The molecular weight excluding hydrogens is 274 g/mol. The second-order valence-corrected chi connectivity index (χ2v) is 5.18. The molecule has 0 atom stereocenters. The van der Waals surface area contributed by atoms with Crippen LogP contribution in [0.25, 0.3) is 11.3 Å². The summed E-state index contributed by atoms with van der Waals surface area (Å²) in [5, 5.41) is 9.32. The Labute approximate surface area is 122 Å². The lowest BCUT2D eigenvalue weighted by Crippen LogP contribution is -2.16. The molecule has 2 aromatic heterocycles. The number of aldehydes is 1. The summed E-state index contributed by atoms with van der Waals surface area (Å²) in [5.41, 5.74) is 1.44. The van der Waals surface area contributed by atoms with E-state index in [9.17, 15) is 10.1 Å². The molecule has 0 saturated heterocycles. The second kappa shape index (κ2) is 5.40. The Hall–Kier alpha value is -2.25. The van der Waals surface area contributed by atoms with Crippen LogP contribution in [0, 0.1) is 11.3 Å². The standard InChI is InChI=1S/C15H12ClN3O/c1-15(2,9-17)13-5-3-4-12(19-13)10-6-7-18-14(16)11(10)8-20/h3-8H,1-2H3. The molecule has 0 fully saturated rings. The van der Waals surface area contributed by atoms with Gasteiger partial charge in [-0.15, -0.1) is 0 Å². The van der Waals surface area contributed by atoms with Gasteiger partial charge in [-0.2, -0.15) is 5.26 Å². The van der Waals surface area contributed by atoms with Crippen LogP contribution in [0.1, 0.15) is 29.9 Å². The minimum atomic E-state index is -0.700. The second-order valence-electron chi connectivity index (χ2n) is 4.83. The molecule has 4 nitrogen and oxygen atoms in total. The van der Waals surface area contributed by atoms with E-state index in [0.717, 1.165) is 0 Å². The van der Waals surface area contributed by atoms with Crippen LogP contribution >= 0.6 is 11.6 Å². The molecule has 0 radical (unpaired) electrons. The van der Waals surface area contributed by atoms with Crippen LogP contribution in [0.4, 0.5) is 0 Å². The molecule has 5 heteroatoms. The molecule has 0 bridgehead atoms. The van der Waals surface area contributed by atoms with Crippen LogP contribution in [0.5, 0.6) is 0 Å². The van der Waals surface area contributed by atoms with Gasteiger partial charge in [-0.05, 0) is 32.0 Å². The minimum Gasteiger partial charge on any atom is -0.298 e. The lowest BCUT2D eigenvalue weighted by molar-refractivity contribution is 0.112. The smallest absolute Gasteiger partial charge is 0.153 e. The average Bonchev–Trinajstić information content (AvgIpc) is 2.47. The van der Waals surface area contributed by atoms with E-state index >= 15 is 0 Å². The van der Waals surface area contributed by atoms with E-state index in [1.165, 1.54) is 6.20 Å². The highest BCUT2D eigenvalue weighted by Crippen LogP contribution is 2.27. The van der Waals surface area contributed by atoms with Gasteiger partial charge >= 0.3 is 0 Å². The molecule has 100 valence electrons. The lowest BCUT2D eigenvalue weighted by Gasteiger charge is -2.15. The first kappa shape index (κ1) is 14.2. The largest absolute Gasteiger partial charge is 0.298 e. The van der Waals surface area contributed by atoms with E-state index in [2.05, 4.69) is 16.0 Å². The fourth-order valence-electron chi connectivity index (χ4n) is 1.77. The number of halogens is 1. The quantitative estimate of drug-likeness (QED) is 0.640. The summed E-state index contributed by atoms with van der Waals surface area (Å²) in [4.78, 5) is 19.5. The van der Waals surface area contributed by atoms with Gasteiger partial charge in [0.05, 0.1) is 28.4 Å². The molecule has 2 aromatic rings. The number of carbonyl (C=O) groups excluding carboxylic acids is 1. The lowest BCUT2D eigenvalue weighted by atomic mass is 9.90. The Balaban J connectivity index is 2.61. The zero-order valence-corrected chi connectivity index (χ0v) is 11.8. The average molecular weight is 286 g/mol. The van der Waals surface area contributed by atoms with Gasteiger partial charge in [0.25, 0.3) is 0 Å². The molecule has 0 aliphatic rings. The van der Waals surface area contributed by atoms with Crippen molar-refractivity contribution >= 4 is 17.9 Å². The zero-order chi connectivity index (χ0) is 14.8. The van der Waals surface area contributed by atoms with E-state index in [1.54, 1.807) is 38.1 Å².